The van der Waals surface area contributed by atoms with Crippen LogP contribution in [0.25, 0.3) is 11.0 Å². The summed E-state index contributed by atoms with van der Waals surface area (Å²) in [6.07, 6.45) is 6.21. The molecule has 2 aromatic rings. The van der Waals surface area contributed by atoms with Crippen molar-refractivity contribution in [2.75, 3.05) is 14.1 Å². The summed E-state index contributed by atoms with van der Waals surface area (Å²) in [4.78, 5) is 13.5. The molecule has 3 rings (SSSR count). The summed E-state index contributed by atoms with van der Waals surface area (Å²) in [6.45, 7) is 0. The van der Waals surface area contributed by atoms with Crippen LogP contribution < -0.4 is 0 Å². The van der Waals surface area contributed by atoms with Crippen LogP contribution in [-0.2, 0) is 0 Å². The van der Waals surface area contributed by atoms with Crippen molar-refractivity contribution in [3.8, 4) is 0 Å². The smallest absolute Gasteiger partial charge is 0.253 e. The number of benzene rings is 1. The van der Waals surface area contributed by atoms with Crippen LogP contribution in [0, 0.1) is 0 Å². The van der Waals surface area contributed by atoms with Gasteiger partial charge in [-0.15, -0.1) is 5.10 Å². The minimum atomic E-state index is -0.000818. The van der Waals surface area contributed by atoms with Gasteiger partial charge in [0.25, 0.3) is 5.91 Å². The van der Waals surface area contributed by atoms with Crippen LogP contribution in [0.3, 0.4) is 0 Å². The van der Waals surface area contributed by atoms with Gasteiger partial charge in [0, 0.05) is 19.7 Å². The Labute approximate surface area is 118 Å². The molecule has 1 aliphatic carbocycles. The van der Waals surface area contributed by atoms with Crippen LogP contribution in [0.2, 0.25) is 0 Å². The van der Waals surface area contributed by atoms with Crippen molar-refractivity contribution in [1.82, 2.24) is 19.9 Å². The standard InChI is InChI=1S/C15H20N4O/c1-18(2)15(20)11-8-9-14-13(10-11)16-17-19(14)12-6-4-3-5-7-12/h8-10,12H,3-7H2,1-2H3. The van der Waals surface area contributed by atoms with Crippen LogP contribution in [0.1, 0.15) is 48.5 Å². The Hall–Kier alpha value is -1.91. The molecule has 0 radical (unpaired) electrons. The van der Waals surface area contributed by atoms with Gasteiger partial charge in [-0.25, -0.2) is 4.68 Å². The van der Waals surface area contributed by atoms with E-state index in [9.17, 15) is 4.79 Å². The first-order valence-electron chi connectivity index (χ1n) is 7.23. The molecule has 106 valence electrons. The molecule has 0 aliphatic heterocycles. The van der Waals surface area contributed by atoms with Gasteiger partial charge in [-0.05, 0) is 31.0 Å². The monoisotopic (exact) mass is 272 g/mol. The fourth-order valence-electron chi connectivity index (χ4n) is 2.93. The van der Waals surface area contributed by atoms with E-state index in [0.717, 1.165) is 11.0 Å². The first kappa shape index (κ1) is 13.1. The molecular formula is C15H20N4O. The quantitative estimate of drug-likeness (QED) is 0.844. The van der Waals surface area contributed by atoms with Crippen molar-refractivity contribution in [1.29, 1.82) is 0 Å². The van der Waals surface area contributed by atoms with E-state index in [4.69, 9.17) is 0 Å². The lowest BCUT2D eigenvalue weighted by atomic mass is 9.95. The molecule has 0 N–H and O–H groups in total. The topological polar surface area (TPSA) is 51.0 Å². The summed E-state index contributed by atoms with van der Waals surface area (Å²) in [5.41, 5.74) is 2.51. The lowest BCUT2D eigenvalue weighted by molar-refractivity contribution is 0.0828. The highest BCUT2D eigenvalue weighted by atomic mass is 16.2. The highest BCUT2D eigenvalue weighted by Crippen LogP contribution is 2.29. The second-order valence-corrected chi connectivity index (χ2v) is 5.73. The second kappa shape index (κ2) is 5.23. The van der Waals surface area contributed by atoms with Gasteiger partial charge in [-0.2, -0.15) is 0 Å². The average molecular weight is 272 g/mol. The molecule has 1 aromatic heterocycles. The lowest BCUT2D eigenvalue weighted by Gasteiger charge is -2.21. The predicted molar refractivity (Wildman–Crippen MR) is 77.7 cm³/mol. The van der Waals surface area contributed by atoms with Gasteiger partial charge in [-0.3, -0.25) is 4.79 Å². The van der Waals surface area contributed by atoms with E-state index in [1.807, 2.05) is 22.9 Å². The molecule has 1 aliphatic rings. The van der Waals surface area contributed by atoms with Gasteiger partial charge in [0.1, 0.15) is 5.52 Å². The minimum Gasteiger partial charge on any atom is -0.345 e. The molecule has 1 aromatic carbocycles. The maximum atomic E-state index is 12.0. The first-order chi connectivity index (χ1) is 9.66. The normalized spacial score (nSPS) is 16.5. The maximum absolute atomic E-state index is 12.0. The van der Waals surface area contributed by atoms with Crippen LogP contribution >= 0.6 is 0 Å². The Kier molecular flexibility index (Phi) is 3.42. The molecule has 1 amide bonds. The van der Waals surface area contributed by atoms with Crippen molar-refractivity contribution < 1.29 is 4.79 Å². The number of hydrogen-bond donors (Lipinski definition) is 0. The van der Waals surface area contributed by atoms with Gasteiger partial charge in [0.15, 0.2) is 0 Å². The van der Waals surface area contributed by atoms with Crippen molar-refractivity contribution in [3.63, 3.8) is 0 Å². The van der Waals surface area contributed by atoms with Crippen molar-refractivity contribution in [2.24, 2.45) is 0 Å². The summed E-state index contributed by atoms with van der Waals surface area (Å²) in [5.74, 6) is -0.000818. The number of carbonyl (C=O) groups is 1. The minimum absolute atomic E-state index is 0.000818. The van der Waals surface area contributed by atoms with Crippen LogP contribution in [0.5, 0.6) is 0 Å². The third-order valence-corrected chi connectivity index (χ3v) is 4.04. The summed E-state index contributed by atoms with van der Waals surface area (Å²) >= 11 is 0. The number of amides is 1. The van der Waals surface area contributed by atoms with Crippen LogP contribution in [0.4, 0.5) is 0 Å². The zero-order valence-corrected chi connectivity index (χ0v) is 12.0. The van der Waals surface area contributed by atoms with E-state index >= 15 is 0 Å². The Bertz CT molecular complexity index is 626. The van der Waals surface area contributed by atoms with E-state index in [1.54, 1.807) is 19.0 Å². The molecule has 1 saturated carbocycles. The lowest BCUT2D eigenvalue weighted by Crippen LogP contribution is -2.21. The first-order valence-corrected chi connectivity index (χ1v) is 7.23. The fraction of sp³-hybridized carbons (Fsp3) is 0.533. The zero-order valence-electron chi connectivity index (χ0n) is 12.0. The summed E-state index contributed by atoms with van der Waals surface area (Å²) < 4.78 is 2.04. The highest BCUT2D eigenvalue weighted by Gasteiger charge is 2.19. The average Bonchev–Trinajstić information content (AvgIpc) is 2.90. The van der Waals surface area contributed by atoms with Gasteiger partial charge >= 0.3 is 0 Å². The Morgan fingerprint density at radius 1 is 1.25 bits per heavy atom. The summed E-state index contributed by atoms with van der Waals surface area (Å²) in [7, 11) is 3.51. The molecule has 20 heavy (non-hydrogen) atoms. The van der Waals surface area contributed by atoms with Crippen molar-refractivity contribution in [3.05, 3.63) is 23.8 Å². The largest absolute Gasteiger partial charge is 0.345 e. The molecule has 0 bridgehead atoms. The molecule has 1 fully saturated rings. The summed E-state index contributed by atoms with van der Waals surface area (Å²) in [6, 6.07) is 6.14. The Morgan fingerprint density at radius 2 is 2.00 bits per heavy atom. The third kappa shape index (κ3) is 2.28. The van der Waals surface area contributed by atoms with Gasteiger partial charge < -0.3 is 4.90 Å². The molecule has 0 spiro atoms. The van der Waals surface area contributed by atoms with Crippen molar-refractivity contribution >= 4 is 16.9 Å². The highest BCUT2D eigenvalue weighted by molar-refractivity contribution is 5.97. The number of aromatic nitrogens is 3. The Balaban J connectivity index is 1.95. The van der Waals surface area contributed by atoms with Crippen LogP contribution in [-0.4, -0.2) is 39.9 Å². The number of nitrogens with zero attached hydrogens (tertiary/aromatic N) is 4. The molecular weight excluding hydrogens is 252 g/mol. The van der Waals surface area contributed by atoms with E-state index in [0.29, 0.717) is 11.6 Å². The fourth-order valence-corrected chi connectivity index (χ4v) is 2.93. The zero-order chi connectivity index (χ0) is 14.1. The third-order valence-electron chi connectivity index (χ3n) is 4.04. The number of rotatable bonds is 2. The maximum Gasteiger partial charge on any atom is 0.253 e. The van der Waals surface area contributed by atoms with Crippen molar-refractivity contribution in [2.45, 2.75) is 38.1 Å². The summed E-state index contributed by atoms with van der Waals surface area (Å²) in [5, 5.41) is 8.54. The SMILES string of the molecule is CN(C)C(=O)c1ccc2c(c1)nnn2C1CCCCC1. The van der Waals surface area contributed by atoms with E-state index in [-0.39, 0.29) is 5.91 Å². The number of hydrogen-bond acceptors (Lipinski definition) is 3. The van der Waals surface area contributed by atoms with Gasteiger partial charge in [0.05, 0.1) is 11.6 Å². The molecule has 0 saturated heterocycles. The number of carbonyl (C=O) groups excluding carboxylic acids is 1. The molecule has 0 atom stereocenters. The molecule has 1 heterocycles. The number of fused-ring (bicyclic) bond motifs is 1. The second-order valence-electron chi connectivity index (χ2n) is 5.73. The Morgan fingerprint density at radius 3 is 2.70 bits per heavy atom. The predicted octanol–water partition coefficient (Wildman–Crippen LogP) is 2.64. The van der Waals surface area contributed by atoms with Crippen LogP contribution in [0.15, 0.2) is 18.2 Å². The molecule has 5 nitrogen and oxygen atoms in total. The van der Waals surface area contributed by atoms with E-state index in [2.05, 4.69) is 10.3 Å². The molecule has 0 unspecified atom stereocenters. The van der Waals surface area contributed by atoms with Gasteiger partial charge in [0.2, 0.25) is 0 Å². The van der Waals surface area contributed by atoms with Gasteiger partial charge in [-0.1, -0.05) is 24.5 Å². The molecule has 5 heteroatoms. The van der Waals surface area contributed by atoms with E-state index in [1.165, 1.54) is 32.1 Å². The van der Waals surface area contributed by atoms with E-state index < -0.39 is 0 Å².